The minimum atomic E-state index is -0.527. The van der Waals surface area contributed by atoms with Crippen LogP contribution >= 0.6 is 0 Å². The molecule has 0 aliphatic carbocycles. The molecule has 1 N–H and O–H groups in total. The second-order valence-electron chi connectivity index (χ2n) is 4.28. The molecule has 22 heavy (non-hydrogen) atoms. The molecule has 0 atom stereocenters. The third-order valence-corrected chi connectivity index (χ3v) is 3.10. The van der Waals surface area contributed by atoms with Crippen molar-refractivity contribution in [1.82, 2.24) is 10.2 Å². The maximum Gasteiger partial charge on any atom is 0.273 e. The molecule has 0 spiro atoms. The fourth-order valence-corrected chi connectivity index (χ4v) is 1.86. The van der Waals surface area contributed by atoms with E-state index in [2.05, 4.69) is 10.2 Å². The van der Waals surface area contributed by atoms with E-state index in [-0.39, 0.29) is 35.3 Å². The van der Waals surface area contributed by atoms with Crippen molar-refractivity contribution in [3.05, 3.63) is 40.4 Å². The fraction of sp³-hybridized carbons (Fsp3) is 0.429. The number of rotatable bonds is 8. The summed E-state index contributed by atoms with van der Waals surface area (Å²) in [5, 5.41) is 13.5. The number of hydrogen-bond acceptors (Lipinski definition) is 5. The number of amides is 1. The molecule has 0 bridgehead atoms. The molecule has 1 aromatic rings. The van der Waals surface area contributed by atoms with Gasteiger partial charge >= 0.3 is 0 Å². The Bertz CT molecular complexity index is 507. The quantitative estimate of drug-likeness (QED) is 0.369. The Morgan fingerprint density at radius 2 is 2.18 bits per heavy atom. The maximum atomic E-state index is 12.1. The van der Waals surface area contributed by atoms with Gasteiger partial charge in [0, 0.05) is 12.6 Å². The molecule has 8 heteroatoms. The lowest BCUT2D eigenvalue weighted by molar-refractivity contribution is -0.384. The summed E-state index contributed by atoms with van der Waals surface area (Å²) in [5.41, 5.74) is 0.174. The first-order chi connectivity index (χ1) is 10.0. The van der Waals surface area contributed by atoms with Gasteiger partial charge in [-0.05, 0) is 19.2 Å². The number of nitrogens with one attached hydrogen (secondary N) is 1. The summed E-state index contributed by atoms with van der Waals surface area (Å²) in [5.74, 6) is -0.120. The highest BCUT2D eigenvalue weighted by atomic mass is 35.5. The number of nitrogens with zero attached hydrogens (tertiary/aromatic N) is 2. The van der Waals surface area contributed by atoms with E-state index in [9.17, 15) is 14.9 Å². The molecule has 124 valence electrons. The largest absolute Gasteiger partial charge is 1.00 e. The topological polar surface area (TPSA) is 84.7 Å². The second-order valence-corrected chi connectivity index (χ2v) is 4.28. The van der Waals surface area contributed by atoms with Crippen molar-refractivity contribution in [2.45, 2.75) is 13.8 Å². The van der Waals surface area contributed by atoms with Crippen LogP contribution in [0.1, 0.15) is 24.2 Å². The predicted octanol–water partition coefficient (Wildman–Crippen LogP) is -1.16. The molecule has 0 fully saturated rings. The van der Waals surface area contributed by atoms with Gasteiger partial charge in [-0.1, -0.05) is 6.92 Å². The number of non-ortho nitro benzene ring substituents is 1. The molecular formula is C14H20ClN3O4-2. The number of benzene rings is 1. The van der Waals surface area contributed by atoms with Gasteiger partial charge in [0.1, 0.15) is 5.75 Å². The van der Waals surface area contributed by atoms with Crippen LogP contribution in [0.15, 0.2) is 18.2 Å². The summed E-state index contributed by atoms with van der Waals surface area (Å²) in [4.78, 5) is 24.3. The van der Waals surface area contributed by atoms with Crippen molar-refractivity contribution in [2.75, 3.05) is 26.7 Å². The average molecular weight is 330 g/mol. The van der Waals surface area contributed by atoms with Crippen LogP contribution in [0.4, 0.5) is 5.69 Å². The molecule has 0 aliphatic heterocycles. The highest BCUT2D eigenvalue weighted by Crippen LogP contribution is 2.24. The number of likely N-dealkylation sites (N-methyl/N-ethyl adjacent to an activating group) is 1. The number of carbonyl (C=O) groups excluding carboxylic acids is 1. The molecule has 0 unspecified atom stereocenters. The maximum absolute atomic E-state index is 12.1. The van der Waals surface area contributed by atoms with Gasteiger partial charge in [0.05, 0.1) is 23.7 Å². The Kier molecular flexibility index (Phi) is 9.12. The smallest absolute Gasteiger partial charge is 0.273 e. The van der Waals surface area contributed by atoms with E-state index in [0.717, 1.165) is 6.54 Å². The highest BCUT2D eigenvalue weighted by molar-refractivity contribution is 5.97. The van der Waals surface area contributed by atoms with E-state index in [1.165, 1.54) is 25.3 Å². The van der Waals surface area contributed by atoms with Crippen molar-refractivity contribution in [2.24, 2.45) is 0 Å². The van der Waals surface area contributed by atoms with Gasteiger partial charge in [-0.15, -0.1) is 0 Å². The molecule has 7 nitrogen and oxygen atoms in total. The molecule has 0 aromatic heterocycles. The summed E-state index contributed by atoms with van der Waals surface area (Å²) in [6.07, 6.45) is 0. The number of methoxy groups -OCH3 is 1. The fourth-order valence-electron chi connectivity index (χ4n) is 1.86. The monoisotopic (exact) mass is 329 g/mol. The number of nitro groups is 1. The molecule has 1 aromatic carbocycles. The van der Waals surface area contributed by atoms with Gasteiger partial charge in [-0.25, -0.2) is 0 Å². The van der Waals surface area contributed by atoms with Crippen LogP contribution in [0.3, 0.4) is 0 Å². The van der Waals surface area contributed by atoms with Crippen LogP contribution in [0, 0.1) is 16.7 Å². The van der Waals surface area contributed by atoms with E-state index in [4.69, 9.17) is 4.74 Å². The standard InChI is InChI=1S/C14H20N3O4.ClH/c1-4-16(5-2)9-8-15-14(18)12-7-6-11(17(19)20)10-13(12)21-3;/h4,6-7,10H,5,8-9H2,1-3H3,(H,15,18);1H/q-1;/p-1. The van der Waals surface area contributed by atoms with Crippen LogP contribution in [0.2, 0.25) is 0 Å². The number of nitro benzene ring substituents is 1. The lowest BCUT2D eigenvalue weighted by atomic mass is 10.1. The zero-order chi connectivity index (χ0) is 15.8. The first kappa shape index (κ1) is 20.1. The number of halogens is 1. The Balaban J connectivity index is 0.00000441. The minimum Gasteiger partial charge on any atom is -1.00 e. The molecule has 0 radical (unpaired) electrons. The summed E-state index contributed by atoms with van der Waals surface area (Å²) in [7, 11) is 1.38. The average Bonchev–Trinajstić information content (AvgIpc) is 2.50. The van der Waals surface area contributed by atoms with Gasteiger partial charge in [-0.2, -0.15) is 6.92 Å². The Morgan fingerprint density at radius 3 is 2.68 bits per heavy atom. The third kappa shape index (κ3) is 5.50. The second kappa shape index (κ2) is 9.97. The lowest BCUT2D eigenvalue weighted by Gasteiger charge is -2.28. The molecular weight excluding hydrogens is 310 g/mol. The summed E-state index contributed by atoms with van der Waals surface area (Å²) in [6.45, 7) is 7.98. The number of ether oxygens (including phenoxy) is 1. The van der Waals surface area contributed by atoms with Gasteiger partial charge < -0.3 is 27.4 Å². The molecule has 0 heterocycles. The lowest BCUT2D eigenvalue weighted by Crippen LogP contribution is -3.00. The van der Waals surface area contributed by atoms with E-state index in [1.54, 1.807) is 0 Å². The highest BCUT2D eigenvalue weighted by Gasteiger charge is 2.16. The van der Waals surface area contributed by atoms with Gasteiger partial charge in [0.15, 0.2) is 0 Å². The van der Waals surface area contributed by atoms with Crippen molar-refractivity contribution < 1.29 is 26.9 Å². The van der Waals surface area contributed by atoms with E-state index >= 15 is 0 Å². The first-order valence-corrected chi connectivity index (χ1v) is 6.67. The molecule has 0 aliphatic rings. The molecule has 0 saturated carbocycles. The number of carbonyl (C=O) groups is 1. The third-order valence-electron chi connectivity index (χ3n) is 3.10. The van der Waals surface area contributed by atoms with Crippen molar-refractivity contribution in [3.8, 4) is 5.75 Å². The summed E-state index contributed by atoms with van der Waals surface area (Å²) >= 11 is 0. The van der Waals surface area contributed by atoms with E-state index < -0.39 is 4.92 Å². The number of hydrogen-bond donors (Lipinski definition) is 1. The van der Waals surface area contributed by atoms with Crippen LogP contribution in [-0.4, -0.2) is 42.5 Å². The first-order valence-electron chi connectivity index (χ1n) is 6.67. The van der Waals surface area contributed by atoms with Gasteiger partial charge in [-0.3, -0.25) is 21.5 Å². The van der Waals surface area contributed by atoms with Gasteiger partial charge in [0.2, 0.25) is 0 Å². The van der Waals surface area contributed by atoms with Crippen molar-refractivity contribution in [3.63, 3.8) is 0 Å². The van der Waals surface area contributed by atoms with Crippen LogP contribution in [-0.2, 0) is 0 Å². The molecule has 1 amide bonds. The normalized spacial score (nSPS) is 10.0. The Hall–Kier alpha value is -1.86. The molecule has 0 saturated heterocycles. The van der Waals surface area contributed by atoms with Crippen LogP contribution < -0.4 is 22.5 Å². The van der Waals surface area contributed by atoms with Gasteiger partial charge in [0.25, 0.3) is 11.6 Å². The summed E-state index contributed by atoms with van der Waals surface area (Å²) < 4.78 is 5.05. The Labute approximate surface area is 136 Å². The zero-order valence-electron chi connectivity index (χ0n) is 12.8. The zero-order valence-corrected chi connectivity index (χ0v) is 13.6. The van der Waals surface area contributed by atoms with E-state index in [1.807, 2.05) is 20.4 Å². The SMILES string of the molecule is C[CH-]N(CC)CCNC(=O)c1ccc([N+](=O)[O-])cc1OC.[Cl-]. The van der Waals surface area contributed by atoms with E-state index in [0.29, 0.717) is 13.1 Å². The van der Waals surface area contributed by atoms with Crippen LogP contribution in [0.25, 0.3) is 0 Å². The Morgan fingerprint density at radius 1 is 1.50 bits per heavy atom. The summed E-state index contributed by atoms with van der Waals surface area (Å²) in [6, 6.07) is 3.93. The van der Waals surface area contributed by atoms with Crippen LogP contribution in [0.5, 0.6) is 5.75 Å². The predicted molar refractivity (Wildman–Crippen MR) is 79.2 cm³/mol. The minimum absolute atomic E-state index is 0. The molecule has 1 rings (SSSR count). The van der Waals surface area contributed by atoms with Crippen molar-refractivity contribution in [1.29, 1.82) is 0 Å². The van der Waals surface area contributed by atoms with Crippen molar-refractivity contribution >= 4 is 11.6 Å².